The van der Waals surface area contributed by atoms with E-state index in [1.54, 1.807) is 36.4 Å². The van der Waals surface area contributed by atoms with E-state index >= 15 is 0 Å². The maximum Gasteiger partial charge on any atom is 0.200 e. The quantitative estimate of drug-likeness (QED) is 0.0328. The number of nitrogens with two attached hydrogens (primary N) is 3. The van der Waals surface area contributed by atoms with Gasteiger partial charge < -0.3 is 29.6 Å². The van der Waals surface area contributed by atoms with Crippen LogP contribution in [0.2, 0.25) is 0 Å². The first kappa shape index (κ1) is 67.1. The molecule has 6 rings (SSSR count). The maximum absolute atomic E-state index is 13.9. The molecule has 0 unspecified atom stereocenters. The van der Waals surface area contributed by atoms with Crippen LogP contribution in [0.25, 0.3) is 0 Å². The van der Waals surface area contributed by atoms with Crippen LogP contribution in [0.4, 0.5) is 65.9 Å². The molecule has 6 aromatic carbocycles. The van der Waals surface area contributed by atoms with Gasteiger partial charge in [0.05, 0.1) is 51.0 Å². The molecule has 0 heterocycles. The number of aryl methyl sites for hydroxylation is 3. The summed E-state index contributed by atoms with van der Waals surface area (Å²) in [5.74, 6) is -32.1. The summed E-state index contributed by atoms with van der Waals surface area (Å²) in [4.78, 5) is 0.994. The van der Waals surface area contributed by atoms with Crippen LogP contribution < -0.4 is 16.0 Å². The smallest absolute Gasteiger partial charge is 0.200 e. The molecule has 0 aliphatic heterocycles. The van der Waals surface area contributed by atoms with E-state index in [0.29, 0.717) is 0 Å². The molecule has 0 spiro atoms. The Hall–Kier alpha value is -6.16. The summed E-state index contributed by atoms with van der Waals surface area (Å²) >= 11 is 0. The Morgan fingerprint density at radius 1 is 0.316 bits per heavy atom. The molecule has 31 heteroatoms. The van der Waals surface area contributed by atoms with E-state index in [2.05, 4.69) is 0 Å². The summed E-state index contributed by atoms with van der Waals surface area (Å²) in [6, 6.07) is 17.3. The van der Waals surface area contributed by atoms with E-state index in [0.717, 1.165) is 16.7 Å². The Morgan fingerprint density at radius 2 is 0.481 bits per heavy atom. The summed E-state index contributed by atoms with van der Waals surface area (Å²) in [6.07, 6.45) is 0. The Morgan fingerprint density at radius 3 is 0.646 bits per heavy atom. The Labute approximate surface area is 442 Å². The second-order valence-electron chi connectivity index (χ2n) is 16.6. The van der Waals surface area contributed by atoms with Crippen LogP contribution in [0, 0.1) is 108 Å². The van der Waals surface area contributed by atoms with E-state index in [4.69, 9.17) is 0 Å². The molecule has 0 aromatic heterocycles. The average molecular weight is 1200 g/mol. The van der Waals surface area contributed by atoms with Gasteiger partial charge in [-0.05, 0) is 57.2 Å². The van der Waals surface area contributed by atoms with E-state index in [1.807, 2.05) is 20.8 Å². The second kappa shape index (κ2) is 29.3. The van der Waals surface area contributed by atoms with Gasteiger partial charge in [-0.2, -0.15) is 0 Å². The molecule has 0 saturated carbocycles. The minimum absolute atomic E-state index is 0.0118. The van der Waals surface area contributed by atoms with Crippen LogP contribution in [0.3, 0.4) is 0 Å². The monoisotopic (exact) mass is 1200 g/mol. The highest BCUT2D eigenvalue weighted by atomic mass is 32.2. The molecule has 0 amide bonds. The normalized spacial score (nSPS) is 11.6. The lowest BCUT2D eigenvalue weighted by Gasteiger charge is -2.20. The molecule has 0 atom stereocenters. The fourth-order valence-electron chi connectivity index (χ4n) is 6.50. The Bertz CT molecular complexity index is 2980. The molecular formula is C48H45F15N4O9S3. The number of halogens is 15. The number of benzene rings is 6. The molecule has 0 saturated heterocycles. The van der Waals surface area contributed by atoms with Gasteiger partial charge >= 0.3 is 0 Å². The molecule has 0 aliphatic carbocycles. The maximum atomic E-state index is 13.9. The van der Waals surface area contributed by atoms with E-state index in [-0.39, 0.29) is 54.0 Å². The topological polar surface area (TPSA) is 225 Å². The first-order valence-electron chi connectivity index (χ1n) is 22.4. The Balaban J connectivity index is 0.000000393. The van der Waals surface area contributed by atoms with Gasteiger partial charge in [0.1, 0.15) is 50.0 Å². The lowest BCUT2D eigenvalue weighted by molar-refractivity contribution is -0.679. The predicted molar refractivity (Wildman–Crippen MR) is 244 cm³/mol. The third kappa shape index (κ3) is 19.3. The van der Waals surface area contributed by atoms with Crippen molar-refractivity contribution in [2.75, 3.05) is 39.3 Å². The highest BCUT2D eigenvalue weighted by molar-refractivity contribution is 7.86. The molecule has 0 aliphatic rings. The summed E-state index contributed by atoms with van der Waals surface area (Å²) in [6.45, 7) is 3.16. The minimum atomic E-state index is -4.27. The third-order valence-electron chi connectivity index (χ3n) is 10.8. The number of hydrogen-bond acceptors (Lipinski definition) is 10. The van der Waals surface area contributed by atoms with Gasteiger partial charge in [-0.1, -0.05) is 53.1 Å². The van der Waals surface area contributed by atoms with E-state index < -0.39 is 154 Å². The largest absolute Gasteiger partial charge is 0.744 e. The lowest BCUT2D eigenvalue weighted by atomic mass is 10.1. The summed E-state index contributed by atoms with van der Waals surface area (Å²) < 4.78 is 298. The van der Waals surface area contributed by atoms with E-state index in [9.17, 15) is 105 Å². The van der Waals surface area contributed by atoms with Gasteiger partial charge in [-0.15, -0.1) is 0 Å². The van der Waals surface area contributed by atoms with Crippen molar-refractivity contribution in [3.63, 3.8) is 0 Å². The van der Waals surface area contributed by atoms with Gasteiger partial charge in [0.25, 0.3) is 0 Å². The molecule has 6 N–H and O–H groups in total. The molecular weight excluding hydrogens is 1160 g/mol. The van der Waals surface area contributed by atoms with Crippen molar-refractivity contribution in [2.24, 2.45) is 0 Å². The van der Waals surface area contributed by atoms with Gasteiger partial charge in [-0.3, -0.25) is 4.90 Å². The van der Waals surface area contributed by atoms with Crippen LogP contribution in [-0.2, 0) is 50.0 Å². The molecule has 434 valence electrons. The van der Waals surface area contributed by atoms with Crippen molar-refractivity contribution in [1.82, 2.24) is 4.90 Å². The fourth-order valence-corrected chi connectivity index (χ4v) is 7.91. The van der Waals surface area contributed by atoms with Gasteiger partial charge in [0.2, 0.25) is 17.5 Å². The van der Waals surface area contributed by atoms with Crippen molar-refractivity contribution < 1.29 is 121 Å². The minimum Gasteiger partial charge on any atom is -0.744 e. The van der Waals surface area contributed by atoms with Crippen LogP contribution in [-0.4, -0.2) is 83.1 Å². The molecule has 0 bridgehead atoms. The van der Waals surface area contributed by atoms with Crippen LogP contribution in [0.5, 0.6) is 0 Å². The lowest BCUT2D eigenvalue weighted by Crippen LogP contribution is -2.87. The zero-order valence-corrected chi connectivity index (χ0v) is 43.5. The third-order valence-corrected chi connectivity index (χ3v) is 13.4. The second-order valence-corrected chi connectivity index (χ2v) is 20.8. The van der Waals surface area contributed by atoms with Gasteiger partial charge in [0, 0.05) is 19.6 Å². The molecule has 0 radical (unpaired) electrons. The number of nitrogens with zero attached hydrogens (tertiary/aromatic N) is 1. The summed E-state index contributed by atoms with van der Waals surface area (Å²) in [5.41, 5.74) is -0.520. The highest BCUT2D eigenvalue weighted by Gasteiger charge is 2.29. The van der Waals surface area contributed by atoms with Crippen LogP contribution in [0.1, 0.15) is 33.4 Å². The average Bonchev–Trinajstić information content (AvgIpc) is 3.42. The summed E-state index contributed by atoms with van der Waals surface area (Å²) in [7, 11) is -12.8. The first-order chi connectivity index (χ1) is 36.6. The number of hydrogen-bond donors (Lipinski definition) is 3. The highest BCUT2D eigenvalue weighted by Crippen LogP contribution is 2.25. The standard InChI is InChI=1S/C27H21F15N4.3C7H8O3S/c28-13-10(14(29)20(35)25(40)19(13)34)7-43-1-4-46(5-2-44-8-11-15(30)21(36)26(41)22(37)16(11)31)6-3-45-9-12-17(32)23(38)27(42)24(39)18(12)33;3*1-6-2-4-7(5-3-6)11(8,9)10/h43-45H,1-9H2;3*2-5H,1H3,(H,8,9,10). The van der Waals surface area contributed by atoms with Crippen molar-refractivity contribution in [3.8, 4) is 0 Å². The molecule has 79 heavy (non-hydrogen) atoms. The van der Waals surface area contributed by atoms with Gasteiger partial charge in [-0.25, -0.2) is 91.1 Å². The zero-order chi connectivity index (χ0) is 59.9. The fraction of sp³-hybridized carbons (Fsp3) is 0.250. The molecule has 6 aromatic rings. The van der Waals surface area contributed by atoms with Crippen molar-refractivity contribution in [2.45, 2.75) is 55.1 Å². The zero-order valence-electron chi connectivity index (χ0n) is 41.0. The van der Waals surface area contributed by atoms with Crippen molar-refractivity contribution in [1.29, 1.82) is 0 Å². The van der Waals surface area contributed by atoms with E-state index in [1.165, 1.54) is 57.2 Å². The molecule has 0 fully saturated rings. The Kier molecular flexibility index (Phi) is 24.9. The van der Waals surface area contributed by atoms with Gasteiger partial charge in [0.15, 0.2) is 69.8 Å². The number of rotatable bonds is 18. The van der Waals surface area contributed by atoms with Crippen molar-refractivity contribution >= 4 is 30.4 Å². The van der Waals surface area contributed by atoms with Crippen LogP contribution in [0.15, 0.2) is 87.5 Å². The van der Waals surface area contributed by atoms with Crippen LogP contribution >= 0.6 is 0 Å². The van der Waals surface area contributed by atoms with Crippen molar-refractivity contribution in [3.05, 3.63) is 193 Å². The molecule has 13 nitrogen and oxygen atoms in total. The predicted octanol–water partition coefficient (Wildman–Crippen LogP) is 5.36. The first-order valence-corrected chi connectivity index (χ1v) is 26.6. The summed E-state index contributed by atoms with van der Waals surface area (Å²) in [5, 5.41) is 3.51. The SMILES string of the molecule is Cc1ccc(S(=O)(=O)[O-])cc1.Cc1ccc(S(=O)(=O)[O-])cc1.Cc1ccc(S(=O)(=O)[O-])cc1.Fc1c(F)c(F)c(C[NH2+]CCN(CC[NH2+]Cc2c(F)c(F)c(F)c(F)c2F)CC[NH2+]Cc2c(F)c(F)c(F)c(F)c2F)c(F)c1F. The number of quaternary nitrogens is 3.